The molecule has 0 saturated heterocycles. The molecule has 2 N–H and O–H groups in total. The third kappa shape index (κ3) is 5.97. The van der Waals surface area contributed by atoms with E-state index in [-0.39, 0.29) is 5.91 Å². The van der Waals surface area contributed by atoms with Crippen molar-refractivity contribution in [2.45, 2.75) is 38.6 Å². The van der Waals surface area contributed by atoms with Crippen molar-refractivity contribution in [2.75, 3.05) is 19.0 Å². The minimum atomic E-state index is -0.119. The van der Waals surface area contributed by atoms with Gasteiger partial charge in [-0.3, -0.25) is 4.79 Å². The van der Waals surface area contributed by atoms with Crippen molar-refractivity contribution in [2.24, 2.45) is 0 Å². The van der Waals surface area contributed by atoms with Gasteiger partial charge in [-0.25, -0.2) is 0 Å². The van der Waals surface area contributed by atoms with Crippen molar-refractivity contribution in [1.29, 1.82) is 0 Å². The average molecular weight is 364 g/mol. The molecule has 3 rings (SSSR count). The molecule has 142 valence electrons. The van der Waals surface area contributed by atoms with Gasteiger partial charge < -0.3 is 15.4 Å². The Morgan fingerprint density at radius 3 is 2.70 bits per heavy atom. The summed E-state index contributed by atoms with van der Waals surface area (Å²) in [4.78, 5) is 12.4. The van der Waals surface area contributed by atoms with Crippen LogP contribution in [0.4, 0.5) is 5.69 Å². The molecule has 0 radical (unpaired) electrons. The van der Waals surface area contributed by atoms with Gasteiger partial charge >= 0.3 is 0 Å². The molecule has 2 aromatic carbocycles. The number of nitrogens with one attached hydrogen (secondary N) is 2. The fourth-order valence-electron chi connectivity index (χ4n) is 3.32. The van der Waals surface area contributed by atoms with Gasteiger partial charge in [-0.2, -0.15) is 0 Å². The lowest BCUT2D eigenvalue weighted by atomic mass is 9.97. The molecule has 1 aliphatic rings. The number of benzene rings is 2. The lowest BCUT2D eigenvalue weighted by molar-refractivity contribution is 0.102. The zero-order valence-electron chi connectivity index (χ0n) is 16.0. The number of hydrogen-bond acceptors (Lipinski definition) is 3. The van der Waals surface area contributed by atoms with Gasteiger partial charge in [-0.15, -0.1) is 0 Å². The van der Waals surface area contributed by atoms with Crippen molar-refractivity contribution >= 4 is 11.6 Å². The van der Waals surface area contributed by atoms with Gasteiger partial charge in [0.15, 0.2) is 0 Å². The van der Waals surface area contributed by atoms with E-state index >= 15 is 0 Å². The van der Waals surface area contributed by atoms with E-state index < -0.39 is 0 Å². The number of amides is 1. The molecule has 0 bridgehead atoms. The zero-order valence-corrected chi connectivity index (χ0v) is 16.0. The molecule has 1 amide bonds. The Kier molecular flexibility index (Phi) is 7.05. The molecular weight excluding hydrogens is 336 g/mol. The maximum absolute atomic E-state index is 12.4. The molecule has 0 aliphatic heterocycles. The molecule has 0 spiro atoms. The van der Waals surface area contributed by atoms with Crippen LogP contribution in [0.3, 0.4) is 0 Å². The molecule has 2 aromatic rings. The summed E-state index contributed by atoms with van der Waals surface area (Å²) in [6, 6.07) is 15.1. The second-order valence-electron chi connectivity index (χ2n) is 6.92. The summed E-state index contributed by atoms with van der Waals surface area (Å²) in [7, 11) is 1.61. The van der Waals surface area contributed by atoms with Crippen molar-refractivity contribution in [3.63, 3.8) is 0 Å². The topological polar surface area (TPSA) is 50.4 Å². The van der Waals surface area contributed by atoms with Crippen LogP contribution in [0.15, 0.2) is 60.2 Å². The van der Waals surface area contributed by atoms with Gasteiger partial charge in [0.05, 0.1) is 7.11 Å². The number of anilines is 1. The van der Waals surface area contributed by atoms with E-state index in [0.717, 1.165) is 30.9 Å². The van der Waals surface area contributed by atoms with Crippen molar-refractivity contribution in [1.82, 2.24) is 5.32 Å². The van der Waals surface area contributed by atoms with Gasteiger partial charge in [-0.05, 0) is 80.6 Å². The standard InChI is InChI=1S/C23H28N2O2/c1-27-22-12-10-20(11-13-22)23(26)25-21-9-5-8-19(16-21)17-24-15-14-18-6-3-2-4-7-18/h5-6,8-13,16,24H,2-4,7,14-15,17H2,1H3,(H,25,26). The lowest BCUT2D eigenvalue weighted by Gasteiger charge is -2.13. The maximum atomic E-state index is 12.4. The predicted molar refractivity (Wildman–Crippen MR) is 110 cm³/mol. The Morgan fingerprint density at radius 2 is 1.96 bits per heavy atom. The fraction of sp³-hybridized carbons (Fsp3) is 0.348. The largest absolute Gasteiger partial charge is 0.497 e. The Labute approximate surface area is 161 Å². The van der Waals surface area contributed by atoms with Crippen LogP contribution in [0.25, 0.3) is 0 Å². The molecule has 0 unspecified atom stereocenters. The van der Waals surface area contributed by atoms with E-state index in [9.17, 15) is 4.79 Å². The quantitative estimate of drug-likeness (QED) is 0.516. The summed E-state index contributed by atoms with van der Waals surface area (Å²) in [5, 5.41) is 6.47. The summed E-state index contributed by atoms with van der Waals surface area (Å²) in [5.74, 6) is 0.621. The number of rotatable bonds is 8. The van der Waals surface area contributed by atoms with Crippen LogP contribution in [-0.4, -0.2) is 19.6 Å². The highest BCUT2D eigenvalue weighted by Gasteiger charge is 2.07. The van der Waals surface area contributed by atoms with Gasteiger partial charge in [0, 0.05) is 17.8 Å². The molecule has 0 fully saturated rings. The van der Waals surface area contributed by atoms with Crippen LogP contribution < -0.4 is 15.4 Å². The first kappa shape index (κ1) is 19.2. The molecular formula is C23H28N2O2. The zero-order chi connectivity index (χ0) is 18.9. The third-order valence-electron chi connectivity index (χ3n) is 4.87. The number of carbonyl (C=O) groups excluding carboxylic acids is 1. The monoisotopic (exact) mass is 364 g/mol. The first-order valence-corrected chi connectivity index (χ1v) is 9.67. The Morgan fingerprint density at radius 1 is 1.11 bits per heavy atom. The number of allylic oxidation sites excluding steroid dienone is 1. The van der Waals surface area contributed by atoms with E-state index in [0.29, 0.717) is 5.56 Å². The number of hydrogen-bond donors (Lipinski definition) is 2. The summed E-state index contributed by atoms with van der Waals surface area (Å²) < 4.78 is 5.13. The fourth-order valence-corrected chi connectivity index (χ4v) is 3.32. The van der Waals surface area contributed by atoms with Crippen LogP contribution in [-0.2, 0) is 6.54 Å². The molecule has 1 aliphatic carbocycles. The minimum Gasteiger partial charge on any atom is -0.497 e. The molecule has 4 heteroatoms. The van der Waals surface area contributed by atoms with Gasteiger partial charge in [-0.1, -0.05) is 23.8 Å². The Bertz CT molecular complexity index is 781. The molecule has 27 heavy (non-hydrogen) atoms. The van der Waals surface area contributed by atoms with Gasteiger partial charge in [0.2, 0.25) is 0 Å². The maximum Gasteiger partial charge on any atom is 0.255 e. The van der Waals surface area contributed by atoms with E-state index in [1.807, 2.05) is 18.2 Å². The smallest absolute Gasteiger partial charge is 0.255 e. The normalized spacial score (nSPS) is 13.7. The highest BCUT2D eigenvalue weighted by molar-refractivity contribution is 6.04. The second-order valence-corrected chi connectivity index (χ2v) is 6.92. The Hall–Kier alpha value is -2.59. The van der Waals surface area contributed by atoms with Crippen LogP contribution in [0.2, 0.25) is 0 Å². The summed E-state index contributed by atoms with van der Waals surface area (Å²) in [6.07, 6.45) is 8.71. The molecule has 0 saturated carbocycles. The summed E-state index contributed by atoms with van der Waals surface area (Å²) in [5.41, 5.74) is 4.18. The van der Waals surface area contributed by atoms with Crippen LogP contribution >= 0.6 is 0 Å². The molecule has 4 nitrogen and oxygen atoms in total. The van der Waals surface area contributed by atoms with E-state index in [1.54, 1.807) is 36.9 Å². The third-order valence-corrected chi connectivity index (χ3v) is 4.87. The SMILES string of the molecule is COc1ccc(C(=O)Nc2cccc(CNCCC3=CCCCC3)c2)cc1. The van der Waals surface area contributed by atoms with E-state index in [1.165, 1.54) is 31.2 Å². The van der Waals surface area contributed by atoms with Gasteiger partial charge in [0.25, 0.3) is 5.91 Å². The molecule has 0 aromatic heterocycles. The lowest BCUT2D eigenvalue weighted by Crippen LogP contribution is -2.16. The summed E-state index contributed by atoms with van der Waals surface area (Å²) in [6.45, 7) is 1.80. The van der Waals surface area contributed by atoms with Crippen molar-refractivity contribution in [3.8, 4) is 5.75 Å². The van der Waals surface area contributed by atoms with E-state index in [2.05, 4.69) is 22.8 Å². The highest BCUT2D eigenvalue weighted by Crippen LogP contribution is 2.19. The first-order chi connectivity index (χ1) is 13.2. The number of carbonyl (C=O) groups is 1. The van der Waals surface area contributed by atoms with Crippen LogP contribution in [0, 0.1) is 0 Å². The molecule has 0 heterocycles. The van der Waals surface area contributed by atoms with Crippen molar-refractivity contribution in [3.05, 3.63) is 71.3 Å². The minimum absolute atomic E-state index is 0.119. The van der Waals surface area contributed by atoms with Crippen molar-refractivity contribution < 1.29 is 9.53 Å². The van der Waals surface area contributed by atoms with Crippen LogP contribution in [0.1, 0.15) is 48.0 Å². The highest BCUT2D eigenvalue weighted by atomic mass is 16.5. The average Bonchev–Trinajstić information content (AvgIpc) is 2.72. The number of methoxy groups -OCH3 is 1. The van der Waals surface area contributed by atoms with Gasteiger partial charge in [0.1, 0.15) is 5.75 Å². The van der Waals surface area contributed by atoms with Crippen LogP contribution in [0.5, 0.6) is 5.75 Å². The first-order valence-electron chi connectivity index (χ1n) is 9.67. The predicted octanol–water partition coefficient (Wildman–Crippen LogP) is 4.93. The Balaban J connectivity index is 1.48. The second kappa shape index (κ2) is 9.93. The van der Waals surface area contributed by atoms with E-state index in [4.69, 9.17) is 4.74 Å². The number of ether oxygens (including phenoxy) is 1. The summed E-state index contributed by atoms with van der Waals surface area (Å²) >= 11 is 0. The molecule has 0 atom stereocenters.